The van der Waals surface area contributed by atoms with Gasteiger partial charge in [0.25, 0.3) is 0 Å². The van der Waals surface area contributed by atoms with Crippen molar-refractivity contribution >= 4 is 5.91 Å². The van der Waals surface area contributed by atoms with Crippen molar-refractivity contribution in [3.8, 4) is 0 Å². The van der Waals surface area contributed by atoms with Crippen LogP contribution < -0.4 is 5.73 Å². The Morgan fingerprint density at radius 2 is 2.00 bits per heavy atom. The average Bonchev–Trinajstić information content (AvgIpc) is 2.71. The van der Waals surface area contributed by atoms with Gasteiger partial charge in [0.1, 0.15) is 5.82 Å². The van der Waals surface area contributed by atoms with Gasteiger partial charge in [-0.1, -0.05) is 26.0 Å². The van der Waals surface area contributed by atoms with E-state index in [1.807, 2.05) is 17.0 Å². The van der Waals surface area contributed by atoms with Crippen LogP contribution in [0.3, 0.4) is 0 Å². The highest BCUT2D eigenvalue weighted by Gasteiger charge is 2.28. The zero-order chi connectivity index (χ0) is 16.1. The molecule has 1 fully saturated rings. The fraction of sp³-hybridized carbons (Fsp3) is 0.588. The maximum absolute atomic E-state index is 13.0. The lowest BCUT2D eigenvalue weighted by Gasteiger charge is -2.34. The predicted octanol–water partition coefficient (Wildman–Crippen LogP) is 1.84. The van der Waals surface area contributed by atoms with Crippen LogP contribution in [0.1, 0.15) is 25.8 Å². The maximum atomic E-state index is 13.0. The van der Waals surface area contributed by atoms with E-state index in [9.17, 15) is 9.18 Å². The predicted molar refractivity (Wildman–Crippen MR) is 85.7 cm³/mol. The van der Waals surface area contributed by atoms with Crippen LogP contribution in [0.4, 0.5) is 4.39 Å². The van der Waals surface area contributed by atoms with Gasteiger partial charge in [0.2, 0.25) is 5.91 Å². The van der Waals surface area contributed by atoms with Crippen molar-refractivity contribution in [3.05, 3.63) is 35.6 Å². The minimum Gasteiger partial charge on any atom is -0.340 e. The molecular formula is C17H26FN3O. The number of amides is 1. The van der Waals surface area contributed by atoms with E-state index in [1.165, 1.54) is 12.1 Å². The third-order valence-electron chi connectivity index (χ3n) is 4.35. The lowest BCUT2D eigenvalue weighted by Crippen LogP contribution is -2.46. The van der Waals surface area contributed by atoms with E-state index in [4.69, 9.17) is 5.73 Å². The smallest absolute Gasteiger partial charge is 0.236 e. The zero-order valence-electron chi connectivity index (χ0n) is 13.5. The molecule has 0 bridgehead atoms. The van der Waals surface area contributed by atoms with Crippen LogP contribution >= 0.6 is 0 Å². The van der Waals surface area contributed by atoms with Gasteiger partial charge in [-0.3, -0.25) is 9.69 Å². The van der Waals surface area contributed by atoms with Crippen molar-refractivity contribution < 1.29 is 9.18 Å². The normalized spacial score (nSPS) is 20.2. The summed E-state index contributed by atoms with van der Waals surface area (Å²) in [7, 11) is 0. The summed E-state index contributed by atoms with van der Waals surface area (Å²) in [6.45, 7) is 7.64. The Labute approximate surface area is 132 Å². The number of carbonyl (C=O) groups excluding carboxylic acids is 1. The van der Waals surface area contributed by atoms with Crippen LogP contribution in [-0.2, 0) is 11.3 Å². The van der Waals surface area contributed by atoms with E-state index >= 15 is 0 Å². The summed E-state index contributed by atoms with van der Waals surface area (Å²) in [4.78, 5) is 16.2. The number of nitrogens with two attached hydrogens (primary N) is 1. The molecule has 1 aliphatic rings. The quantitative estimate of drug-likeness (QED) is 0.923. The van der Waals surface area contributed by atoms with E-state index in [1.54, 1.807) is 0 Å². The molecule has 1 unspecified atom stereocenters. The number of benzene rings is 1. The third kappa shape index (κ3) is 4.27. The standard InChI is InChI=1S/C17H26FN3O/c1-13(2)16-12-21(17(22)10-19)9-3-8-20(16)11-14-4-6-15(18)7-5-14/h4-7,13,16H,3,8-12,19H2,1-2H3. The largest absolute Gasteiger partial charge is 0.340 e. The molecular weight excluding hydrogens is 281 g/mol. The zero-order valence-corrected chi connectivity index (χ0v) is 13.5. The van der Waals surface area contributed by atoms with Crippen LogP contribution in [0.2, 0.25) is 0 Å². The minimum atomic E-state index is -0.209. The average molecular weight is 307 g/mol. The Bertz CT molecular complexity index is 489. The van der Waals surface area contributed by atoms with E-state index in [2.05, 4.69) is 18.7 Å². The molecule has 4 nitrogen and oxygen atoms in total. The molecule has 0 saturated carbocycles. The molecule has 0 radical (unpaired) electrons. The maximum Gasteiger partial charge on any atom is 0.236 e. The monoisotopic (exact) mass is 307 g/mol. The molecule has 1 heterocycles. The van der Waals surface area contributed by atoms with Gasteiger partial charge in [-0.2, -0.15) is 0 Å². The van der Waals surface area contributed by atoms with Crippen molar-refractivity contribution in [1.29, 1.82) is 0 Å². The second-order valence-corrected chi connectivity index (χ2v) is 6.31. The summed E-state index contributed by atoms with van der Waals surface area (Å²) in [5, 5.41) is 0. The summed E-state index contributed by atoms with van der Waals surface area (Å²) in [6.07, 6.45) is 0.941. The summed E-state index contributed by atoms with van der Waals surface area (Å²) in [6, 6.07) is 6.97. The molecule has 1 aromatic rings. The number of nitrogens with zero attached hydrogens (tertiary/aromatic N) is 2. The van der Waals surface area contributed by atoms with Gasteiger partial charge < -0.3 is 10.6 Å². The highest BCUT2D eigenvalue weighted by molar-refractivity contribution is 5.78. The van der Waals surface area contributed by atoms with Gasteiger partial charge in [-0.05, 0) is 30.0 Å². The Hall–Kier alpha value is -1.46. The van der Waals surface area contributed by atoms with Crippen molar-refractivity contribution in [2.24, 2.45) is 11.7 Å². The second kappa shape index (κ2) is 7.70. The molecule has 2 N–H and O–H groups in total. The van der Waals surface area contributed by atoms with Crippen LogP contribution in [0.15, 0.2) is 24.3 Å². The van der Waals surface area contributed by atoms with Crippen LogP contribution in [0, 0.1) is 11.7 Å². The highest BCUT2D eigenvalue weighted by Crippen LogP contribution is 2.20. The van der Waals surface area contributed by atoms with Gasteiger partial charge >= 0.3 is 0 Å². The number of hydrogen-bond donors (Lipinski definition) is 1. The molecule has 1 aliphatic heterocycles. The number of carbonyl (C=O) groups is 1. The molecule has 2 rings (SSSR count). The lowest BCUT2D eigenvalue weighted by atomic mass is 10.0. The fourth-order valence-electron chi connectivity index (χ4n) is 3.07. The Morgan fingerprint density at radius 3 is 2.59 bits per heavy atom. The first-order valence-corrected chi connectivity index (χ1v) is 7.97. The fourth-order valence-corrected chi connectivity index (χ4v) is 3.07. The van der Waals surface area contributed by atoms with E-state index in [0.29, 0.717) is 12.0 Å². The van der Waals surface area contributed by atoms with Gasteiger partial charge in [0.15, 0.2) is 0 Å². The van der Waals surface area contributed by atoms with Gasteiger partial charge in [0.05, 0.1) is 6.54 Å². The molecule has 5 heteroatoms. The summed E-state index contributed by atoms with van der Waals surface area (Å²) in [5.74, 6) is 0.251. The summed E-state index contributed by atoms with van der Waals surface area (Å²) >= 11 is 0. The second-order valence-electron chi connectivity index (χ2n) is 6.31. The molecule has 1 amide bonds. The first kappa shape index (κ1) is 16.9. The third-order valence-corrected chi connectivity index (χ3v) is 4.35. The summed E-state index contributed by atoms with van der Waals surface area (Å²) < 4.78 is 13.0. The van der Waals surface area contributed by atoms with Gasteiger partial charge in [0, 0.05) is 32.2 Å². The SMILES string of the molecule is CC(C)C1CN(C(=O)CN)CCCN1Cc1ccc(F)cc1. The minimum absolute atomic E-state index is 0.0225. The van der Waals surface area contributed by atoms with E-state index in [-0.39, 0.29) is 18.3 Å². The molecule has 1 atom stereocenters. The molecule has 0 aromatic heterocycles. The Morgan fingerprint density at radius 1 is 1.32 bits per heavy atom. The van der Waals surface area contributed by atoms with Gasteiger partial charge in [-0.15, -0.1) is 0 Å². The summed E-state index contributed by atoms with van der Waals surface area (Å²) in [5.41, 5.74) is 6.61. The molecule has 22 heavy (non-hydrogen) atoms. The highest BCUT2D eigenvalue weighted by atomic mass is 19.1. The van der Waals surface area contributed by atoms with Crippen molar-refractivity contribution in [2.45, 2.75) is 32.9 Å². The molecule has 1 saturated heterocycles. The molecule has 0 aliphatic carbocycles. The van der Waals surface area contributed by atoms with Crippen molar-refractivity contribution in [2.75, 3.05) is 26.2 Å². The van der Waals surface area contributed by atoms with E-state index in [0.717, 1.165) is 38.2 Å². The molecule has 122 valence electrons. The van der Waals surface area contributed by atoms with Crippen molar-refractivity contribution in [1.82, 2.24) is 9.80 Å². The topological polar surface area (TPSA) is 49.6 Å². The first-order valence-electron chi connectivity index (χ1n) is 7.97. The van der Waals surface area contributed by atoms with Crippen LogP contribution in [-0.4, -0.2) is 47.9 Å². The van der Waals surface area contributed by atoms with Crippen LogP contribution in [0.5, 0.6) is 0 Å². The lowest BCUT2D eigenvalue weighted by molar-refractivity contribution is -0.130. The Balaban J connectivity index is 2.11. The number of rotatable bonds is 4. The first-order chi connectivity index (χ1) is 10.5. The van der Waals surface area contributed by atoms with E-state index < -0.39 is 0 Å². The Kier molecular flexibility index (Phi) is 5.91. The number of halogens is 1. The molecule has 1 aromatic carbocycles. The van der Waals surface area contributed by atoms with Crippen molar-refractivity contribution in [3.63, 3.8) is 0 Å². The molecule has 0 spiro atoms. The van der Waals surface area contributed by atoms with Crippen LogP contribution in [0.25, 0.3) is 0 Å². The van der Waals surface area contributed by atoms with Gasteiger partial charge in [-0.25, -0.2) is 4.39 Å². The number of hydrogen-bond acceptors (Lipinski definition) is 3.